The highest BCUT2D eigenvalue weighted by atomic mass is 16.7. The molecule has 0 aromatic rings. The van der Waals surface area contributed by atoms with Gasteiger partial charge < -0.3 is 49.2 Å². The van der Waals surface area contributed by atoms with Gasteiger partial charge in [0.05, 0.1) is 36.6 Å². The predicted molar refractivity (Wildman–Crippen MR) is 172 cm³/mol. The Labute approximate surface area is 275 Å². The Morgan fingerprint density at radius 3 is 2.17 bits per heavy atom. The molecular weight excluding hydrogens is 592 g/mol. The van der Waals surface area contributed by atoms with Crippen LogP contribution in [0.5, 0.6) is 0 Å². The van der Waals surface area contributed by atoms with E-state index in [1.807, 2.05) is 6.92 Å². The second-order valence-electron chi connectivity index (χ2n) is 16.1. The maximum atomic E-state index is 12.7. The van der Waals surface area contributed by atoms with Crippen molar-refractivity contribution in [2.45, 2.75) is 128 Å². The van der Waals surface area contributed by atoms with Crippen LogP contribution in [0.1, 0.15) is 73.1 Å². The lowest BCUT2D eigenvalue weighted by molar-refractivity contribution is -0.323. The van der Waals surface area contributed by atoms with Crippen LogP contribution in [-0.2, 0) is 23.7 Å². The molecule has 10 nitrogen and oxygen atoms in total. The van der Waals surface area contributed by atoms with Crippen LogP contribution in [0, 0.1) is 52.3 Å². The minimum atomic E-state index is -1.25. The number of allylic oxidation sites excluding steroid dienone is 2. The molecular formula is C36H62O10. The summed E-state index contributed by atoms with van der Waals surface area (Å²) in [6, 6.07) is 0. The number of rotatable bonds is 10. The van der Waals surface area contributed by atoms with Crippen molar-refractivity contribution in [1.29, 1.82) is 0 Å². The summed E-state index contributed by atoms with van der Waals surface area (Å²) in [6.07, 6.45) is 2.73. The quantitative estimate of drug-likeness (QED) is 0.176. The largest absolute Gasteiger partial charge is 0.396 e. The molecule has 1 heterocycles. The van der Waals surface area contributed by atoms with Gasteiger partial charge in [-0.3, -0.25) is 0 Å². The van der Waals surface area contributed by atoms with Gasteiger partial charge in [-0.2, -0.15) is 0 Å². The standard InChI is InChI=1S/C36H62O10/c1-19(21(3)17-37)9-10-20(2)22-15-23(38)32-34(22,4)14-12-27-35(5)13-11-25(29(40)28(35)24(39)16-36(27,32)41)46-33-31(44-8)30(43-7)26(42-6)18-45-33/h9-10,19-33,37-41H,11-18H2,1-8H3. The first-order valence-electron chi connectivity index (χ1n) is 17.6. The summed E-state index contributed by atoms with van der Waals surface area (Å²) in [5.41, 5.74) is -2.10. The molecule has 5 aliphatic rings. The van der Waals surface area contributed by atoms with E-state index < -0.39 is 59.8 Å². The van der Waals surface area contributed by atoms with Gasteiger partial charge in [0, 0.05) is 46.2 Å². The zero-order valence-electron chi connectivity index (χ0n) is 29.2. The number of fused-ring (bicyclic) bond motifs is 5. The molecule has 4 saturated carbocycles. The van der Waals surface area contributed by atoms with Crippen molar-refractivity contribution in [2.75, 3.05) is 34.5 Å². The van der Waals surface area contributed by atoms with Gasteiger partial charge >= 0.3 is 0 Å². The molecule has 10 heteroatoms. The number of ether oxygens (including phenoxy) is 5. The summed E-state index contributed by atoms with van der Waals surface area (Å²) >= 11 is 0. The van der Waals surface area contributed by atoms with E-state index in [2.05, 4.69) is 39.8 Å². The zero-order chi connectivity index (χ0) is 33.8. The van der Waals surface area contributed by atoms with Gasteiger partial charge in [-0.05, 0) is 72.5 Å². The second-order valence-corrected chi connectivity index (χ2v) is 16.1. The average Bonchev–Trinajstić information content (AvgIpc) is 3.30. The fourth-order valence-electron chi connectivity index (χ4n) is 11.2. The molecule has 1 saturated heterocycles. The maximum absolute atomic E-state index is 12.7. The van der Waals surface area contributed by atoms with Crippen molar-refractivity contribution in [2.24, 2.45) is 52.3 Å². The third-order valence-corrected chi connectivity index (χ3v) is 13.9. The van der Waals surface area contributed by atoms with Crippen molar-refractivity contribution >= 4 is 0 Å². The summed E-state index contributed by atoms with van der Waals surface area (Å²) in [5, 5.41) is 57.7. The summed E-state index contributed by atoms with van der Waals surface area (Å²) < 4.78 is 29.3. The molecule has 5 N–H and O–H groups in total. The van der Waals surface area contributed by atoms with Crippen LogP contribution in [0.4, 0.5) is 0 Å². The molecule has 4 aliphatic carbocycles. The summed E-state index contributed by atoms with van der Waals surface area (Å²) in [6.45, 7) is 11.1. The highest BCUT2D eigenvalue weighted by Crippen LogP contribution is 2.69. The minimum absolute atomic E-state index is 0.114. The Morgan fingerprint density at radius 1 is 0.870 bits per heavy atom. The van der Waals surface area contributed by atoms with Crippen LogP contribution in [0.3, 0.4) is 0 Å². The molecule has 0 amide bonds. The first kappa shape index (κ1) is 36.6. The predicted octanol–water partition coefficient (Wildman–Crippen LogP) is 2.92. The molecule has 18 atom stereocenters. The molecule has 0 aromatic carbocycles. The Morgan fingerprint density at radius 2 is 1.54 bits per heavy atom. The third-order valence-electron chi connectivity index (χ3n) is 13.9. The maximum Gasteiger partial charge on any atom is 0.186 e. The van der Waals surface area contributed by atoms with Gasteiger partial charge in [-0.15, -0.1) is 0 Å². The van der Waals surface area contributed by atoms with E-state index in [9.17, 15) is 25.5 Å². The number of hydrogen-bond acceptors (Lipinski definition) is 10. The summed E-state index contributed by atoms with van der Waals surface area (Å²) in [7, 11) is 4.77. The van der Waals surface area contributed by atoms with E-state index in [1.54, 1.807) is 21.3 Å². The molecule has 5 fully saturated rings. The number of aliphatic hydroxyl groups excluding tert-OH is 4. The molecule has 0 radical (unpaired) electrons. The topological polar surface area (TPSA) is 147 Å². The summed E-state index contributed by atoms with van der Waals surface area (Å²) in [4.78, 5) is 0. The molecule has 266 valence electrons. The Kier molecular flexibility index (Phi) is 11.1. The van der Waals surface area contributed by atoms with Crippen molar-refractivity contribution < 1.29 is 49.2 Å². The second kappa shape index (κ2) is 13.9. The van der Waals surface area contributed by atoms with Crippen molar-refractivity contribution in [3.63, 3.8) is 0 Å². The van der Waals surface area contributed by atoms with Gasteiger partial charge in [0.15, 0.2) is 6.29 Å². The molecule has 0 spiro atoms. The third kappa shape index (κ3) is 5.94. The normalized spacial score (nSPS) is 51.2. The number of hydrogen-bond donors (Lipinski definition) is 5. The van der Waals surface area contributed by atoms with E-state index in [4.69, 9.17) is 23.7 Å². The van der Waals surface area contributed by atoms with Gasteiger partial charge in [-0.1, -0.05) is 46.8 Å². The fraction of sp³-hybridized carbons (Fsp3) is 0.944. The molecule has 0 bridgehead atoms. The van der Waals surface area contributed by atoms with Crippen LogP contribution in [0.15, 0.2) is 12.2 Å². The summed E-state index contributed by atoms with van der Waals surface area (Å²) in [5.74, 6) is -0.255. The Balaban J connectivity index is 1.34. The monoisotopic (exact) mass is 654 g/mol. The van der Waals surface area contributed by atoms with Crippen LogP contribution in [0.2, 0.25) is 0 Å². The smallest absolute Gasteiger partial charge is 0.186 e. The van der Waals surface area contributed by atoms with Crippen molar-refractivity contribution in [3.05, 3.63) is 12.2 Å². The van der Waals surface area contributed by atoms with Crippen LogP contribution in [0.25, 0.3) is 0 Å². The highest BCUT2D eigenvalue weighted by molar-refractivity contribution is 5.21. The lowest BCUT2D eigenvalue weighted by Gasteiger charge is -2.66. The van der Waals surface area contributed by atoms with Crippen LogP contribution in [-0.4, -0.2) is 115 Å². The first-order valence-corrected chi connectivity index (χ1v) is 17.6. The lowest BCUT2D eigenvalue weighted by atomic mass is 9.41. The molecule has 5 rings (SSSR count). The van der Waals surface area contributed by atoms with Crippen LogP contribution < -0.4 is 0 Å². The average molecular weight is 655 g/mol. The molecule has 0 aromatic heterocycles. The van der Waals surface area contributed by atoms with Crippen molar-refractivity contribution in [1.82, 2.24) is 0 Å². The lowest BCUT2D eigenvalue weighted by Crippen LogP contribution is -2.71. The van der Waals surface area contributed by atoms with E-state index >= 15 is 0 Å². The van der Waals surface area contributed by atoms with Gasteiger partial charge in [0.2, 0.25) is 0 Å². The van der Waals surface area contributed by atoms with Crippen LogP contribution >= 0.6 is 0 Å². The van der Waals surface area contributed by atoms with Gasteiger partial charge in [0.1, 0.15) is 18.3 Å². The van der Waals surface area contributed by atoms with Gasteiger partial charge in [-0.25, -0.2) is 0 Å². The number of aliphatic hydroxyl groups is 5. The Hall–Kier alpha value is -0.660. The fourth-order valence-corrected chi connectivity index (χ4v) is 11.2. The van der Waals surface area contributed by atoms with E-state index in [-0.39, 0.29) is 66.7 Å². The number of methoxy groups -OCH3 is 3. The molecule has 46 heavy (non-hydrogen) atoms. The van der Waals surface area contributed by atoms with Crippen molar-refractivity contribution in [3.8, 4) is 0 Å². The van der Waals surface area contributed by atoms with E-state index in [1.165, 1.54) is 0 Å². The van der Waals surface area contributed by atoms with E-state index in [0.29, 0.717) is 19.3 Å². The van der Waals surface area contributed by atoms with Gasteiger partial charge in [0.25, 0.3) is 0 Å². The highest BCUT2D eigenvalue weighted by Gasteiger charge is 2.72. The molecule has 18 unspecified atom stereocenters. The SMILES string of the molecule is COC1COC(OC2CCC3(C)C(C(O)CC4(O)C3CCC3(C)C(C(C)C=CC(C)C(C)CO)CC(O)C34)C2O)C(OC)C1OC. The Bertz CT molecular complexity index is 1060. The minimum Gasteiger partial charge on any atom is -0.396 e. The van der Waals surface area contributed by atoms with E-state index in [0.717, 1.165) is 12.8 Å². The molecule has 1 aliphatic heterocycles. The zero-order valence-corrected chi connectivity index (χ0v) is 29.2. The first-order chi connectivity index (χ1) is 21.7.